The molecule has 0 radical (unpaired) electrons. The number of amides is 1. The highest BCUT2D eigenvalue weighted by Gasteiger charge is 2.53. The number of hydrogen-bond donors (Lipinski definition) is 0. The van der Waals surface area contributed by atoms with Gasteiger partial charge < -0.3 is 9.57 Å². The van der Waals surface area contributed by atoms with Crippen LogP contribution in [0.5, 0.6) is 0 Å². The van der Waals surface area contributed by atoms with E-state index in [9.17, 15) is 26.4 Å². The van der Waals surface area contributed by atoms with Crippen molar-refractivity contribution in [3.63, 3.8) is 0 Å². The monoisotopic (exact) mass is 526 g/mol. The molecule has 0 heterocycles. The maximum atomic E-state index is 13.4. The lowest BCUT2D eigenvalue weighted by Gasteiger charge is -2.25. The number of sulfonamides is 1. The molecule has 2 aromatic rings. The maximum Gasteiger partial charge on any atom is 0.517 e. The first-order valence-electron chi connectivity index (χ1n) is 9.43. The van der Waals surface area contributed by atoms with Gasteiger partial charge in [0.15, 0.2) is 0 Å². The Labute approximate surface area is 198 Å². The molecule has 33 heavy (non-hydrogen) atoms. The molecule has 13 heteroatoms. The number of hydrogen-bond acceptors (Lipinski definition) is 6. The predicted molar refractivity (Wildman–Crippen MR) is 119 cm³/mol. The van der Waals surface area contributed by atoms with Crippen molar-refractivity contribution < 1.29 is 36.0 Å². The molecule has 2 rings (SSSR count). The van der Waals surface area contributed by atoms with Crippen LogP contribution in [0.2, 0.25) is 10.0 Å². The SMILES string of the molecule is CCOC(=O)N(c1ccc(Cl)cc1C(CC)=NOCc1ccc(Cl)cc1)S(=O)(=O)C(F)(F)F. The van der Waals surface area contributed by atoms with Crippen LogP contribution in [0.15, 0.2) is 47.6 Å². The molecule has 0 atom stereocenters. The van der Waals surface area contributed by atoms with Crippen molar-refractivity contribution in [3.05, 3.63) is 63.6 Å². The molecule has 2 aromatic carbocycles. The van der Waals surface area contributed by atoms with Gasteiger partial charge in [0, 0.05) is 15.6 Å². The summed E-state index contributed by atoms with van der Waals surface area (Å²) in [5, 5.41) is 4.52. The summed E-state index contributed by atoms with van der Waals surface area (Å²) in [7, 11) is -6.15. The molecule has 0 aliphatic heterocycles. The molecule has 0 N–H and O–H groups in total. The van der Waals surface area contributed by atoms with Gasteiger partial charge >= 0.3 is 21.6 Å². The van der Waals surface area contributed by atoms with Crippen LogP contribution in [0.1, 0.15) is 31.4 Å². The van der Waals surface area contributed by atoms with Crippen LogP contribution in [0.3, 0.4) is 0 Å². The van der Waals surface area contributed by atoms with Crippen LogP contribution >= 0.6 is 23.2 Å². The van der Waals surface area contributed by atoms with Crippen molar-refractivity contribution in [2.45, 2.75) is 32.4 Å². The largest absolute Gasteiger partial charge is 0.517 e. The fourth-order valence-corrected chi connectivity index (χ4v) is 3.77. The molecule has 7 nitrogen and oxygen atoms in total. The van der Waals surface area contributed by atoms with E-state index in [1.54, 1.807) is 31.2 Å². The average Bonchev–Trinajstić information content (AvgIpc) is 2.73. The third kappa shape index (κ3) is 6.52. The quantitative estimate of drug-likeness (QED) is 0.304. The minimum absolute atomic E-state index is 0.000984. The van der Waals surface area contributed by atoms with E-state index in [1.807, 2.05) is 0 Å². The lowest BCUT2D eigenvalue weighted by atomic mass is 10.1. The number of halogens is 5. The lowest BCUT2D eigenvalue weighted by molar-refractivity contribution is -0.0438. The standard InChI is InChI=1S/C20H19Cl2F3N2O5S/c1-3-17(26-32-12-13-5-7-14(21)8-6-13)16-11-15(22)9-10-18(16)27(19(28)31-4-2)33(29,30)20(23,24)25/h5-11H,3-4,12H2,1-2H3. The fourth-order valence-electron chi connectivity index (χ4n) is 2.60. The van der Waals surface area contributed by atoms with Gasteiger partial charge in [0.2, 0.25) is 0 Å². The van der Waals surface area contributed by atoms with E-state index in [4.69, 9.17) is 28.0 Å². The van der Waals surface area contributed by atoms with Gasteiger partial charge in [0.1, 0.15) is 6.61 Å². The predicted octanol–water partition coefficient (Wildman–Crippen LogP) is 6.14. The third-order valence-corrected chi connectivity index (χ3v) is 6.01. The molecule has 0 fully saturated rings. The highest BCUT2D eigenvalue weighted by atomic mass is 35.5. The summed E-state index contributed by atoms with van der Waals surface area (Å²) in [6, 6.07) is 9.93. The second-order valence-electron chi connectivity index (χ2n) is 6.37. The number of nitrogens with zero attached hydrogens (tertiary/aromatic N) is 2. The Bertz CT molecular complexity index is 1120. The molecule has 0 unspecified atom stereocenters. The van der Waals surface area contributed by atoms with Gasteiger partial charge in [-0.3, -0.25) is 0 Å². The smallest absolute Gasteiger partial charge is 0.449 e. The Hall–Kier alpha value is -2.50. The summed E-state index contributed by atoms with van der Waals surface area (Å²) in [5.41, 5.74) is -5.80. The summed E-state index contributed by atoms with van der Waals surface area (Å²) in [6.45, 7) is 2.58. The van der Waals surface area contributed by atoms with Gasteiger partial charge in [-0.25, -0.2) is 4.79 Å². The van der Waals surface area contributed by atoms with Gasteiger partial charge in [-0.05, 0) is 49.2 Å². The maximum absolute atomic E-state index is 13.4. The van der Waals surface area contributed by atoms with Gasteiger partial charge in [-0.2, -0.15) is 25.9 Å². The number of ether oxygens (including phenoxy) is 1. The van der Waals surface area contributed by atoms with E-state index < -0.39 is 31.6 Å². The number of alkyl halides is 3. The van der Waals surface area contributed by atoms with Gasteiger partial charge in [-0.15, -0.1) is 0 Å². The molecular formula is C20H19Cl2F3N2O5S. The Kier molecular flexibility index (Phi) is 8.98. The molecule has 0 saturated carbocycles. The zero-order valence-electron chi connectivity index (χ0n) is 17.4. The molecule has 0 aliphatic carbocycles. The van der Waals surface area contributed by atoms with E-state index in [0.717, 1.165) is 12.1 Å². The molecular weight excluding hydrogens is 508 g/mol. The minimum Gasteiger partial charge on any atom is -0.449 e. The molecule has 0 bridgehead atoms. The molecule has 0 aromatic heterocycles. The zero-order valence-corrected chi connectivity index (χ0v) is 19.7. The Balaban J connectivity index is 2.55. The van der Waals surface area contributed by atoms with Crippen molar-refractivity contribution in [1.82, 2.24) is 0 Å². The van der Waals surface area contributed by atoms with Crippen LogP contribution in [-0.4, -0.2) is 32.3 Å². The molecule has 1 amide bonds. The van der Waals surface area contributed by atoms with Gasteiger partial charge in [-0.1, -0.05) is 47.4 Å². The number of benzene rings is 2. The number of carbonyl (C=O) groups excluding carboxylic acids is 1. The summed E-state index contributed by atoms with van der Waals surface area (Å²) in [4.78, 5) is 17.6. The number of rotatable bonds is 8. The Morgan fingerprint density at radius 2 is 1.67 bits per heavy atom. The van der Waals surface area contributed by atoms with Gasteiger partial charge in [0.25, 0.3) is 0 Å². The third-order valence-electron chi connectivity index (χ3n) is 4.11. The minimum atomic E-state index is -6.15. The molecule has 0 saturated heterocycles. The Morgan fingerprint density at radius 3 is 2.21 bits per heavy atom. The number of anilines is 1. The van der Waals surface area contributed by atoms with Crippen LogP contribution in [0.25, 0.3) is 0 Å². The first-order chi connectivity index (χ1) is 15.4. The highest BCUT2D eigenvalue weighted by Crippen LogP contribution is 2.35. The van der Waals surface area contributed by atoms with Crippen molar-refractivity contribution in [2.24, 2.45) is 5.16 Å². The van der Waals surface area contributed by atoms with E-state index >= 15 is 0 Å². The van der Waals surface area contributed by atoms with E-state index in [0.29, 0.717) is 10.6 Å². The van der Waals surface area contributed by atoms with Crippen molar-refractivity contribution in [2.75, 3.05) is 10.9 Å². The zero-order chi connectivity index (χ0) is 24.8. The van der Waals surface area contributed by atoms with Crippen LogP contribution < -0.4 is 4.31 Å². The first kappa shape index (κ1) is 26.7. The average molecular weight is 527 g/mol. The summed E-state index contributed by atoms with van der Waals surface area (Å²) in [6.07, 6.45) is -1.62. The summed E-state index contributed by atoms with van der Waals surface area (Å²) >= 11 is 11.8. The van der Waals surface area contributed by atoms with E-state index in [1.165, 1.54) is 13.0 Å². The van der Waals surface area contributed by atoms with Crippen LogP contribution in [0.4, 0.5) is 23.7 Å². The topological polar surface area (TPSA) is 85.3 Å². The van der Waals surface area contributed by atoms with Crippen LogP contribution in [-0.2, 0) is 26.2 Å². The summed E-state index contributed by atoms with van der Waals surface area (Å²) < 4.78 is 68.6. The second kappa shape index (κ2) is 11.1. The van der Waals surface area contributed by atoms with Crippen LogP contribution in [0, 0.1) is 0 Å². The molecule has 0 aliphatic rings. The summed E-state index contributed by atoms with van der Waals surface area (Å²) in [5.74, 6) is 0. The van der Waals surface area contributed by atoms with E-state index in [-0.39, 0.29) is 35.9 Å². The second-order valence-corrected chi connectivity index (χ2v) is 9.02. The normalized spacial score (nSPS) is 12.4. The fraction of sp³-hybridized carbons (Fsp3) is 0.300. The first-order valence-corrected chi connectivity index (χ1v) is 11.6. The number of oxime groups is 1. The molecule has 180 valence electrons. The molecule has 0 spiro atoms. The van der Waals surface area contributed by atoms with E-state index in [2.05, 4.69) is 9.89 Å². The lowest BCUT2D eigenvalue weighted by Crippen LogP contribution is -2.45. The van der Waals surface area contributed by atoms with Crippen molar-refractivity contribution in [3.8, 4) is 0 Å². The van der Waals surface area contributed by atoms with Crippen molar-refractivity contribution >= 4 is 50.7 Å². The highest BCUT2D eigenvalue weighted by molar-refractivity contribution is 7.94. The Morgan fingerprint density at radius 1 is 1.06 bits per heavy atom. The van der Waals surface area contributed by atoms with Crippen molar-refractivity contribution in [1.29, 1.82) is 0 Å². The van der Waals surface area contributed by atoms with Gasteiger partial charge in [0.05, 0.1) is 18.0 Å². The number of carbonyl (C=O) groups is 1.